The number of piperidine rings is 1. The van der Waals surface area contributed by atoms with Crippen molar-refractivity contribution in [1.29, 1.82) is 0 Å². The van der Waals surface area contributed by atoms with E-state index in [1.807, 2.05) is 0 Å². The lowest BCUT2D eigenvalue weighted by molar-refractivity contribution is -0.140. The molecule has 6 nitrogen and oxygen atoms in total. The first-order valence-corrected chi connectivity index (χ1v) is 5.52. The molecule has 0 aromatic carbocycles. The number of urea groups is 1. The molecule has 2 fully saturated rings. The molecule has 0 aromatic rings. The molecule has 90 valence electrons. The second-order valence-electron chi connectivity index (χ2n) is 4.51. The van der Waals surface area contributed by atoms with Crippen LogP contribution in [0.4, 0.5) is 4.79 Å². The third-order valence-corrected chi connectivity index (χ3v) is 3.45. The van der Waals surface area contributed by atoms with E-state index in [-0.39, 0.29) is 12.1 Å². The van der Waals surface area contributed by atoms with E-state index in [1.54, 1.807) is 4.90 Å². The Labute approximate surface area is 93.2 Å². The number of carboxylic acid groups (broad SMARTS) is 1. The Balaban J connectivity index is 1.90. The molecule has 2 aliphatic rings. The quantitative estimate of drug-likeness (QED) is 0.614. The van der Waals surface area contributed by atoms with Crippen molar-refractivity contribution in [2.24, 2.45) is 5.92 Å². The van der Waals surface area contributed by atoms with Crippen LogP contribution >= 0.6 is 0 Å². The standard InChI is InChI=1S/C10H16N2O4/c13-5-8(9(14)15)11-10(16)12-4-6-1-2-7(12)3-6/h6-8,13H,1-5H2,(H,11,16)(H,14,15)/t6?,7?,8-/m0/s1. The van der Waals surface area contributed by atoms with Gasteiger partial charge in [-0.15, -0.1) is 0 Å². The molecule has 2 rings (SSSR count). The minimum atomic E-state index is -1.21. The second-order valence-corrected chi connectivity index (χ2v) is 4.51. The molecule has 1 saturated carbocycles. The number of aliphatic hydroxyl groups is 1. The summed E-state index contributed by atoms with van der Waals surface area (Å²) in [7, 11) is 0. The lowest BCUT2D eigenvalue weighted by Crippen LogP contribution is -2.51. The Morgan fingerprint density at radius 1 is 1.44 bits per heavy atom. The van der Waals surface area contributed by atoms with E-state index in [9.17, 15) is 9.59 Å². The van der Waals surface area contributed by atoms with E-state index in [0.717, 1.165) is 19.3 Å². The molecule has 0 radical (unpaired) electrons. The van der Waals surface area contributed by atoms with Gasteiger partial charge in [0.2, 0.25) is 0 Å². The highest BCUT2D eigenvalue weighted by Crippen LogP contribution is 2.37. The van der Waals surface area contributed by atoms with Gasteiger partial charge in [-0.2, -0.15) is 0 Å². The lowest BCUT2D eigenvalue weighted by atomic mass is 10.1. The second kappa shape index (κ2) is 4.29. The van der Waals surface area contributed by atoms with Crippen LogP contribution in [0.15, 0.2) is 0 Å². The average Bonchev–Trinajstić information content (AvgIpc) is 2.86. The van der Waals surface area contributed by atoms with Crippen molar-refractivity contribution in [2.45, 2.75) is 31.3 Å². The number of rotatable bonds is 3. The molecule has 1 saturated heterocycles. The van der Waals surface area contributed by atoms with E-state index in [1.165, 1.54) is 0 Å². The SMILES string of the molecule is O=C(O)[C@H](CO)NC(=O)N1CC2CCC1C2. The summed E-state index contributed by atoms with van der Waals surface area (Å²) in [5.41, 5.74) is 0. The number of nitrogens with zero attached hydrogens (tertiary/aromatic N) is 1. The van der Waals surface area contributed by atoms with Crippen LogP contribution in [0.2, 0.25) is 0 Å². The van der Waals surface area contributed by atoms with Gasteiger partial charge in [-0.1, -0.05) is 0 Å². The number of hydrogen-bond acceptors (Lipinski definition) is 3. The first-order valence-electron chi connectivity index (χ1n) is 5.52. The summed E-state index contributed by atoms with van der Waals surface area (Å²) >= 11 is 0. The molecule has 3 N–H and O–H groups in total. The molecule has 1 aliphatic carbocycles. The number of aliphatic carboxylic acids is 1. The monoisotopic (exact) mass is 228 g/mol. The van der Waals surface area contributed by atoms with Crippen LogP contribution in [0.25, 0.3) is 0 Å². The molecule has 1 heterocycles. The number of carboxylic acids is 1. The zero-order valence-corrected chi connectivity index (χ0v) is 8.93. The maximum Gasteiger partial charge on any atom is 0.328 e. The lowest BCUT2D eigenvalue weighted by Gasteiger charge is -2.28. The number of aliphatic hydroxyl groups excluding tert-OH is 1. The van der Waals surface area contributed by atoms with Crippen molar-refractivity contribution in [3.63, 3.8) is 0 Å². The molecule has 6 heteroatoms. The zero-order valence-electron chi connectivity index (χ0n) is 8.93. The fourth-order valence-electron chi connectivity index (χ4n) is 2.59. The summed E-state index contributed by atoms with van der Waals surface area (Å²) in [5, 5.41) is 19.8. The summed E-state index contributed by atoms with van der Waals surface area (Å²) < 4.78 is 0. The van der Waals surface area contributed by atoms with E-state index >= 15 is 0 Å². The molecule has 16 heavy (non-hydrogen) atoms. The molecular weight excluding hydrogens is 212 g/mol. The smallest absolute Gasteiger partial charge is 0.328 e. The fraction of sp³-hybridized carbons (Fsp3) is 0.800. The van der Waals surface area contributed by atoms with E-state index in [0.29, 0.717) is 12.5 Å². The summed E-state index contributed by atoms with van der Waals surface area (Å²) in [5.74, 6) is -0.631. The van der Waals surface area contributed by atoms with Crippen molar-refractivity contribution < 1.29 is 19.8 Å². The van der Waals surface area contributed by atoms with Crippen molar-refractivity contribution in [1.82, 2.24) is 10.2 Å². The number of nitrogens with one attached hydrogen (secondary N) is 1. The number of carbonyl (C=O) groups is 2. The van der Waals surface area contributed by atoms with Crippen molar-refractivity contribution in [3.8, 4) is 0 Å². The fourth-order valence-corrected chi connectivity index (χ4v) is 2.59. The summed E-state index contributed by atoms with van der Waals surface area (Å²) in [6.07, 6.45) is 3.20. The topological polar surface area (TPSA) is 89.9 Å². The normalized spacial score (nSPS) is 29.2. The predicted molar refractivity (Wildman–Crippen MR) is 54.9 cm³/mol. The van der Waals surface area contributed by atoms with Crippen molar-refractivity contribution in [3.05, 3.63) is 0 Å². The summed E-state index contributed by atoms with van der Waals surface area (Å²) in [6, 6.07) is -1.31. The van der Waals surface area contributed by atoms with Crippen molar-refractivity contribution >= 4 is 12.0 Å². The van der Waals surface area contributed by atoms with Crippen LogP contribution in [0, 0.1) is 5.92 Å². The third-order valence-electron chi connectivity index (χ3n) is 3.45. The Morgan fingerprint density at radius 2 is 2.19 bits per heavy atom. The third kappa shape index (κ3) is 1.97. The highest BCUT2D eigenvalue weighted by molar-refractivity contribution is 5.83. The Kier molecular flexibility index (Phi) is 3.00. The number of fused-ring (bicyclic) bond motifs is 2. The van der Waals surface area contributed by atoms with Crippen LogP contribution in [0.3, 0.4) is 0 Å². The number of hydrogen-bond donors (Lipinski definition) is 3. The van der Waals surface area contributed by atoms with Gasteiger partial charge in [0.05, 0.1) is 6.61 Å². The van der Waals surface area contributed by atoms with Gasteiger partial charge in [-0.25, -0.2) is 9.59 Å². The van der Waals surface area contributed by atoms with Crippen LogP contribution in [-0.2, 0) is 4.79 Å². The summed E-state index contributed by atoms with van der Waals surface area (Å²) in [4.78, 5) is 24.1. The molecule has 0 spiro atoms. The van der Waals surface area contributed by atoms with E-state index < -0.39 is 18.6 Å². The first kappa shape index (κ1) is 11.2. The van der Waals surface area contributed by atoms with E-state index in [2.05, 4.69) is 5.32 Å². The maximum atomic E-state index is 11.7. The van der Waals surface area contributed by atoms with Gasteiger partial charge in [0.15, 0.2) is 6.04 Å². The van der Waals surface area contributed by atoms with Gasteiger partial charge in [0.1, 0.15) is 0 Å². The molecule has 1 aliphatic heterocycles. The predicted octanol–water partition coefficient (Wildman–Crippen LogP) is -0.374. The Bertz CT molecular complexity index is 307. The highest BCUT2D eigenvalue weighted by Gasteiger charge is 2.40. The average molecular weight is 228 g/mol. The zero-order chi connectivity index (χ0) is 11.7. The largest absolute Gasteiger partial charge is 0.480 e. The van der Waals surface area contributed by atoms with Crippen molar-refractivity contribution in [2.75, 3.05) is 13.2 Å². The minimum absolute atomic E-state index is 0.262. The van der Waals surface area contributed by atoms with Gasteiger partial charge in [-0.05, 0) is 25.2 Å². The maximum absolute atomic E-state index is 11.7. The molecule has 2 bridgehead atoms. The van der Waals surface area contributed by atoms with E-state index in [4.69, 9.17) is 10.2 Å². The van der Waals surface area contributed by atoms with Crippen LogP contribution in [-0.4, -0.2) is 52.3 Å². The van der Waals surface area contributed by atoms with Gasteiger partial charge >= 0.3 is 12.0 Å². The van der Waals surface area contributed by atoms with Crippen LogP contribution in [0.5, 0.6) is 0 Å². The Morgan fingerprint density at radius 3 is 2.62 bits per heavy atom. The number of amides is 2. The summed E-state index contributed by atoms with van der Waals surface area (Å²) in [6.45, 7) is 0.136. The molecular formula is C10H16N2O4. The van der Waals surface area contributed by atoms with Crippen LogP contribution < -0.4 is 5.32 Å². The van der Waals surface area contributed by atoms with Gasteiger partial charge in [-0.3, -0.25) is 0 Å². The number of likely N-dealkylation sites (tertiary alicyclic amines) is 1. The Hall–Kier alpha value is -1.30. The minimum Gasteiger partial charge on any atom is -0.480 e. The molecule has 2 unspecified atom stereocenters. The molecule has 0 aromatic heterocycles. The molecule has 2 amide bonds. The van der Waals surface area contributed by atoms with Gasteiger partial charge in [0.25, 0.3) is 0 Å². The first-order chi connectivity index (χ1) is 7.61. The van der Waals surface area contributed by atoms with Gasteiger partial charge < -0.3 is 20.4 Å². The van der Waals surface area contributed by atoms with Gasteiger partial charge in [0, 0.05) is 12.6 Å². The van der Waals surface area contributed by atoms with Crippen LogP contribution in [0.1, 0.15) is 19.3 Å². The molecule has 3 atom stereocenters. The number of carbonyl (C=O) groups excluding carboxylic acids is 1. The highest BCUT2D eigenvalue weighted by atomic mass is 16.4.